The minimum absolute atomic E-state index is 0.579. The Bertz CT molecular complexity index is 377. The van der Waals surface area contributed by atoms with E-state index in [1.54, 1.807) is 5.56 Å². The van der Waals surface area contributed by atoms with E-state index in [1.165, 1.54) is 37.7 Å². The molecule has 1 aromatic rings. The molecule has 1 aliphatic carbocycles. The van der Waals surface area contributed by atoms with Crippen molar-refractivity contribution in [2.75, 3.05) is 6.54 Å². The lowest BCUT2D eigenvalue weighted by atomic mass is 9.75. The zero-order valence-corrected chi connectivity index (χ0v) is 12.8. The fraction of sp³-hybridized carbons (Fsp3) is 0.667. The van der Waals surface area contributed by atoms with Gasteiger partial charge >= 0.3 is 0 Å². The molecule has 1 atom stereocenters. The lowest BCUT2D eigenvalue weighted by Gasteiger charge is -2.32. The number of nitrogens with one attached hydrogen (secondary N) is 1. The lowest BCUT2D eigenvalue weighted by molar-refractivity contribution is 0.292. The Kier molecular flexibility index (Phi) is 5.45. The van der Waals surface area contributed by atoms with Gasteiger partial charge in [-0.05, 0) is 42.7 Å². The van der Waals surface area contributed by atoms with Crippen molar-refractivity contribution >= 4 is 0 Å². The molecule has 0 aliphatic heterocycles. The van der Waals surface area contributed by atoms with Crippen LogP contribution < -0.4 is 5.32 Å². The molecule has 0 bridgehead atoms. The standard InChI is InChI=1S/C18H29N/c1-14(2)19-13-18(16-10-5-4-6-11-16)17-12-8-7-9-15(17)3/h7-9,12,14,16,18-19H,4-6,10-11,13H2,1-3H3. The molecular formula is C18H29N. The fourth-order valence-corrected chi connectivity index (χ4v) is 3.43. The SMILES string of the molecule is Cc1ccccc1C(CNC(C)C)C1CCCCC1. The van der Waals surface area contributed by atoms with Gasteiger partial charge in [-0.3, -0.25) is 0 Å². The van der Waals surface area contributed by atoms with Gasteiger partial charge in [-0.25, -0.2) is 0 Å². The van der Waals surface area contributed by atoms with Crippen molar-refractivity contribution in [2.24, 2.45) is 5.92 Å². The summed E-state index contributed by atoms with van der Waals surface area (Å²) in [5.41, 5.74) is 3.03. The molecule has 1 nitrogen and oxygen atoms in total. The second-order valence-corrected chi connectivity index (χ2v) is 6.42. The van der Waals surface area contributed by atoms with Crippen LogP contribution in [0.5, 0.6) is 0 Å². The zero-order chi connectivity index (χ0) is 13.7. The van der Waals surface area contributed by atoms with Crippen molar-refractivity contribution in [1.82, 2.24) is 5.32 Å². The molecule has 1 unspecified atom stereocenters. The van der Waals surface area contributed by atoms with Crippen molar-refractivity contribution in [1.29, 1.82) is 0 Å². The van der Waals surface area contributed by atoms with E-state index in [-0.39, 0.29) is 0 Å². The van der Waals surface area contributed by atoms with Crippen LogP contribution in [0.25, 0.3) is 0 Å². The maximum atomic E-state index is 3.67. The number of hydrogen-bond donors (Lipinski definition) is 1. The zero-order valence-electron chi connectivity index (χ0n) is 12.8. The van der Waals surface area contributed by atoms with Crippen molar-refractivity contribution in [3.05, 3.63) is 35.4 Å². The molecule has 0 radical (unpaired) electrons. The van der Waals surface area contributed by atoms with Crippen LogP contribution in [0.2, 0.25) is 0 Å². The average molecular weight is 259 g/mol. The van der Waals surface area contributed by atoms with Gasteiger partial charge in [0, 0.05) is 12.6 Å². The highest BCUT2D eigenvalue weighted by Crippen LogP contribution is 2.36. The first-order chi connectivity index (χ1) is 9.18. The quantitative estimate of drug-likeness (QED) is 0.811. The first kappa shape index (κ1) is 14.6. The van der Waals surface area contributed by atoms with Crippen LogP contribution in [0.15, 0.2) is 24.3 Å². The van der Waals surface area contributed by atoms with Gasteiger partial charge in [-0.1, -0.05) is 57.4 Å². The first-order valence-electron chi connectivity index (χ1n) is 7.97. The predicted molar refractivity (Wildman–Crippen MR) is 83.6 cm³/mol. The van der Waals surface area contributed by atoms with E-state index < -0.39 is 0 Å². The topological polar surface area (TPSA) is 12.0 Å². The van der Waals surface area contributed by atoms with E-state index in [4.69, 9.17) is 0 Å². The summed E-state index contributed by atoms with van der Waals surface area (Å²) in [6.07, 6.45) is 7.12. The Morgan fingerprint density at radius 3 is 2.42 bits per heavy atom. The van der Waals surface area contributed by atoms with E-state index in [1.807, 2.05) is 0 Å². The average Bonchev–Trinajstić information content (AvgIpc) is 2.42. The third-order valence-corrected chi connectivity index (χ3v) is 4.55. The van der Waals surface area contributed by atoms with Crippen LogP contribution in [-0.2, 0) is 0 Å². The third kappa shape index (κ3) is 4.07. The van der Waals surface area contributed by atoms with Crippen LogP contribution in [0, 0.1) is 12.8 Å². The summed E-state index contributed by atoms with van der Waals surface area (Å²) in [4.78, 5) is 0. The number of aryl methyl sites for hydroxylation is 1. The molecule has 0 aromatic heterocycles. The van der Waals surface area contributed by atoms with Crippen LogP contribution >= 0.6 is 0 Å². The van der Waals surface area contributed by atoms with E-state index in [0.717, 1.165) is 12.5 Å². The molecule has 1 heteroatoms. The molecule has 1 aliphatic rings. The van der Waals surface area contributed by atoms with Crippen molar-refractivity contribution in [3.63, 3.8) is 0 Å². The fourth-order valence-electron chi connectivity index (χ4n) is 3.43. The molecule has 1 N–H and O–H groups in total. The second kappa shape index (κ2) is 7.09. The maximum Gasteiger partial charge on any atom is 0.00252 e. The largest absolute Gasteiger partial charge is 0.314 e. The van der Waals surface area contributed by atoms with Crippen LogP contribution in [-0.4, -0.2) is 12.6 Å². The second-order valence-electron chi connectivity index (χ2n) is 6.42. The molecular weight excluding hydrogens is 230 g/mol. The van der Waals surface area contributed by atoms with Gasteiger partial charge in [-0.15, -0.1) is 0 Å². The molecule has 2 rings (SSSR count). The highest BCUT2D eigenvalue weighted by Gasteiger charge is 2.25. The van der Waals surface area contributed by atoms with Gasteiger partial charge in [-0.2, -0.15) is 0 Å². The Labute approximate surface area is 118 Å². The maximum absolute atomic E-state index is 3.67. The minimum atomic E-state index is 0.579. The van der Waals surface area contributed by atoms with E-state index in [9.17, 15) is 0 Å². The van der Waals surface area contributed by atoms with E-state index >= 15 is 0 Å². The summed E-state index contributed by atoms with van der Waals surface area (Å²) in [5, 5.41) is 3.67. The monoisotopic (exact) mass is 259 g/mol. The molecule has 1 aromatic carbocycles. The molecule has 0 spiro atoms. The minimum Gasteiger partial charge on any atom is -0.314 e. The van der Waals surface area contributed by atoms with Crippen molar-refractivity contribution in [2.45, 2.75) is 64.8 Å². The third-order valence-electron chi connectivity index (χ3n) is 4.55. The lowest BCUT2D eigenvalue weighted by Crippen LogP contribution is -2.32. The molecule has 0 amide bonds. The number of hydrogen-bond acceptors (Lipinski definition) is 1. The smallest absolute Gasteiger partial charge is 0.00252 e. The summed E-state index contributed by atoms with van der Waals surface area (Å²) in [6, 6.07) is 9.55. The highest BCUT2D eigenvalue weighted by molar-refractivity contribution is 5.30. The van der Waals surface area contributed by atoms with Gasteiger partial charge in [0.25, 0.3) is 0 Å². The van der Waals surface area contributed by atoms with Gasteiger partial charge in [0.05, 0.1) is 0 Å². The van der Waals surface area contributed by atoms with Gasteiger partial charge in [0.2, 0.25) is 0 Å². The van der Waals surface area contributed by atoms with E-state index in [0.29, 0.717) is 12.0 Å². The first-order valence-corrected chi connectivity index (χ1v) is 7.97. The summed E-state index contributed by atoms with van der Waals surface area (Å²) in [6.45, 7) is 7.89. The summed E-state index contributed by atoms with van der Waals surface area (Å²) in [5.74, 6) is 1.57. The van der Waals surface area contributed by atoms with Gasteiger partial charge < -0.3 is 5.32 Å². The summed E-state index contributed by atoms with van der Waals surface area (Å²) < 4.78 is 0. The molecule has 106 valence electrons. The van der Waals surface area contributed by atoms with Crippen molar-refractivity contribution in [3.8, 4) is 0 Å². The molecule has 1 fully saturated rings. The predicted octanol–water partition coefficient (Wildman–Crippen LogP) is 4.66. The molecule has 1 saturated carbocycles. The van der Waals surface area contributed by atoms with Gasteiger partial charge in [0.1, 0.15) is 0 Å². The Morgan fingerprint density at radius 2 is 1.79 bits per heavy atom. The molecule has 0 heterocycles. The molecule has 19 heavy (non-hydrogen) atoms. The van der Waals surface area contributed by atoms with Crippen LogP contribution in [0.1, 0.15) is 63.0 Å². The number of benzene rings is 1. The van der Waals surface area contributed by atoms with E-state index in [2.05, 4.69) is 50.4 Å². The normalized spacial score (nSPS) is 18.7. The van der Waals surface area contributed by atoms with Crippen LogP contribution in [0.3, 0.4) is 0 Å². The Hall–Kier alpha value is -0.820. The Morgan fingerprint density at radius 1 is 1.11 bits per heavy atom. The summed E-state index contributed by atoms with van der Waals surface area (Å²) in [7, 11) is 0. The van der Waals surface area contributed by atoms with Crippen molar-refractivity contribution < 1.29 is 0 Å². The Balaban J connectivity index is 2.15. The highest BCUT2D eigenvalue weighted by atomic mass is 14.9. The van der Waals surface area contributed by atoms with Crippen LogP contribution in [0.4, 0.5) is 0 Å². The van der Waals surface area contributed by atoms with Gasteiger partial charge in [0.15, 0.2) is 0 Å². The summed E-state index contributed by atoms with van der Waals surface area (Å²) >= 11 is 0. The molecule has 0 saturated heterocycles. The number of rotatable bonds is 5.